The van der Waals surface area contributed by atoms with Crippen molar-refractivity contribution in [2.24, 2.45) is 5.92 Å². The van der Waals surface area contributed by atoms with Crippen molar-refractivity contribution in [2.75, 3.05) is 13.1 Å². The van der Waals surface area contributed by atoms with Crippen molar-refractivity contribution in [3.8, 4) is 0 Å². The molecule has 1 saturated heterocycles. The quantitative estimate of drug-likeness (QED) is 0.488. The number of amides is 1. The molecule has 0 spiro atoms. The molecule has 1 aliphatic heterocycles. The van der Waals surface area contributed by atoms with Gasteiger partial charge in [-0.2, -0.15) is 0 Å². The average molecular weight is 311 g/mol. The fourth-order valence-corrected chi connectivity index (χ4v) is 3.04. The van der Waals surface area contributed by atoms with Gasteiger partial charge in [0, 0.05) is 35.7 Å². The molecule has 1 aliphatic rings. The number of rotatable bonds is 3. The molecule has 1 heterocycles. The summed E-state index contributed by atoms with van der Waals surface area (Å²) in [5, 5.41) is 11.1. The van der Waals surface area contributed by atoms with E-state index in [1.54, 1.807) is 24.0 Å². The van der Waals surface area contributed by atoms with Crippen molar-refractivity contribution in [2.45, 2.75) is 32.1 Å². The number of alkyl halides is 1. The van der Waals surface area contributed by atoms with Crippen molar-refractivity contribution in [1.29, 1.82) is 0 Å². The van der Waals surface area contributed by atoms with E-state index in [1.807, 2.05) is 6.92 Å². The lowest BCUT2D eigenvalue weighted by atomic mass is 9.93. The number of carbonyl (C=O) groups is 1. The molecule has 0 aliphatic carbocycles. The van der Waals surface area contributed by atoms with E-state index >= 15 is 0 Å². The van der Waals surface area contributed by atoms with Crippen LogP contribution in [0, 0.1) is 23.0 Å². The summed E-state index contributed by atoms with van der Waals surface area (Å²) in [4.78, 5) is 24.8. The molecule has 1 aromatic rings. The summed E-state index contributed by atoms with van der Waals surface area (Å²) in [5.74, 6) is 0.304. The first-order valence-corrected chi connectivity index (χ1v) is 7.52. The Hall–Kier alpha value is -1.62. The van der Waals surface area contributed by atoms with Gasteiger partial charge in [-0.05, 0) is 38.7 Å². The van der Waals surface area contributed by atoms with E-state index in [2.05, 4.69) is 0 Å². The van der Waals surface area contributed by atoms with Crippen LogP contribution >= 0.6 is 11.6 Å². The van der Waals surface area contributed by atoms with Gasteiger partial charge in [0.2, 0.25) is 0 Å². The highest BCUT2D eigenvalue weighted by Crippen LogP contribution is 2.27. The van der Waals surface area contributed by atoms with E-state index < -0.39 is 4.92 Å². The molecule has 0 N–H and O–H groups in total. The minimum atomic E-state index is -0.451. The van der Waals surface area contributed by atoms with Gasteiger partial charge < -0.3 is 4.90 Å². The number of carbonyl (C=O) groups excluding carboxylic acids is 1. The average Bonchev–Trinajstić information content (AvgIpc) is 2.46. The van der Waals surface area contributed by atoms with Gasteiger partial charge in [0.25, 0.3) is 11.6 Å². The minimum Gasteiger partial charge on any atom is -0.339 e. The molecule has 1 fully saturated rings. The number of likely N-dealkylation sites (tertiary alicyclic amines) is 1. The lowest BCUT2D eigenvalue weighted by Crippen LogP contribution is -2.40. The van der Waals surface area contributed by atoms with E-state index in [-0.39, 0.29) is 17.0 Å². The lowest BCUT2D eigenvalue weighted by Gasteiger charge is -2.33. The third-order valence-electron chi connectivity index (χ3n) is 4.21. The highest BCUT2D eigenvalue weighted by Gasteiger charge is 2.28. The number of halogens is 1. The van der Waals surface area contributed by atoms with Gasteiger partial charge in [-0.15, -0.1) is 11.6 Å². The maximum atomic E-state index is 12.5. The highest BCUT2D eigenvalue weighted by atomic mass is 35.5. The first-order chi connectivity index (χ1) is 9.91. The van der Waals surface area contributed by atoms with Gasteiger partial charge in [0.05, 0.1) is 4.92 Å². The number of piperidine rings is 1. The van der Waals surface area contributed by atoms with Crippen LogP contribution in [0.5, 0.6) is 0 Å². The zero-order chi connectivity index (χ0) is 15.6. The summed E-state index contributed by atoms with van der Waals surface area (Å²) in [5.41, 5.74) is 0.840. The van der Waals surface area contributed by atoms with Gasteiger partial charge in [-0.25, -0.2) is 0 Å². The number of benzene rings is 1. The maximum Gasteiger partial charge on any atom is 0.273 e. The Balaban J connectivity index is 2.15. The van der Waals surface area contributed by atoms with Crippen LogP contribution in [-0.2, 0) is 0 Å². The number of nitro groups is 1. The van der Waals surface area contributed by atoms with Gasteiger partial charge >= 0.3 is 0 Å². The standard InChI is InChI=1S/C15H19ClN2O3/c1-10-13(4-3-5-14(10)18(20)21)15(19)17-8-6-12(7-9-17)11(2)16/h3-5,11-12H,6-9H2,1-2H3. The van der Waals surface area contributed by atoms with E-state index in [0.717, 1.165) is 12.8 Å². The Morgan fingerprint density at radius 1 is 1.43 bits per heavy atom. The van der Waals surface area contributed by atoms with Crippen molar-refractivity contribution >= 4 is 23.2 Å². The highest BCUT2D eigenvalue weighted by molar-refractivity contribution is 6.20. The molecular formula is C15H19ClN2O3. The summed E-state index contributed by atoms with van der Waals surface area (Å²) < 4.78 is 0. The predicted octanol–water partition coefficient (Wildman–Crippen LogP) is 3.38. The lowest BCUT2D eigenvalue weighted by molar-refractivity contribution is -0.385. The van der Waals surface area contributed by atoms with Crippen molar-refractivity contribution in [1.82, 2.24) is 4.90 Å². The molecule has 0 saturated carbocycles. The van der Waals surface area contributed by atoms with E-state index in [1.165, 1.54) is 6.07 Å². The molecule has 1 atom stereocenters. The molecule has 6 heteroatoms. The molecule has 21 heavy (non-hydrogen) atoms. The largest absolute Gasteiger partial charge is 0.339 e. The summed E-state index contributed by atoms with van der Waals surface area (Å²) >= 11 is 6.10. The molecule has 5 nitrogen and oxygen atoms in total. The number of hydrogen-bond acceptors (Lipinski definition) is 3. The summed E-state index contributed by atoms with van der Waals surface area (Å²) in [6, 6.07) is 4.64. The topological polar surface area (TPSA) is 63.5 Å². The smallest absolute Gasteiger partial charge is 0.273 e. The molecular weight excluding hydrogens is 292 g/mol. The van der Waals surface area contributed by atoms with Crippen LogP contribution in [0.4, 0.5) is 5.69 Å². The van der Waals surface area contributed by atoms with Crippen LogP contribution < -0.4 is 0 Å². The minimum absolute atomic E-state index is 0.00915. The second-order valence-corrected chi connectivity index (χ2v) is 6.20. The predicted molar refractivity (Wildman–Crippen MR) is 81.8 cm³/mol. The van der Waals surface area contributed by atoms with Crippen molar-refractivity contribution in [3.05, 3.63) is 39.4 Å². The molecule has 114 valence electrons. The van der Waals surface area contributed by atoms with Crippen LogP contribution in [0.25, 0.3) is 0 Å². The number of nitrogens with zero attached hydrogens (tertiary/aromatic N) is 2. The number of nitro benzene ring substituents is 1. The Labute approximate surface area is 129 Å². The van der Waals surface area contributed by atoms with Crippen LogP contribution in [0.2, 0.25) is 0 Å². The van der Waals surface area contributed by atoms with Crippen LogP contribution in [0.1, 0.15) is 35.7 Å². The van der Waals surface area contributed by atoms with Crippen LogP contribution in [0.15, 0.2) is 18.2 Å². The number of hydrogen-bond donors (Lipinski definition) is 0. The summed E-state index contributed by atoms with van der Waals surface area (Å²) in [7, 11) is 0. The van der Waals surface area contributed by atoms with Gasteiger partial charge in [0.15, 0.2) is 0 Å². The van der Waals surface area contributed by atoms with Crippen LogP contribution in [-0.4, -0.2) is 34.2 Å². The van der Waals surface area contributed by atoms with Crippen molar-refractivity contribution in [3.63, 3.8) is 0 Å². The van der Waals surface area contributed by atoms with Gasteiger partial charge in [-0.1, -0.05) is 6.07 Å². The third kappa shape index (κ3) is 3.35. The molecule has 0 bridgehead atoms. The van der Waals surface area contributed by atoms with E-state index in [9.17, 15) is 14.9 Å². The Kier molecular flexibility index (Phi) is 4.83. The SMILES string of the molecule is Cc1c(C(=O)N2CCC(C(C)Cl)CC2)cccc1[N+](=O)[O-]. The van der Waals surface area contributed by atoms with Gasteiger partial charge in [-0.3, -0.25) is 14.9 Å². The van der Waals surface area contributed by atoms with Gasteiger partial charge in [0.1, 0.15) is 0 Å². The molecule has 0 radical (unpaired) electrons. The molecule has 1 aromatic carbocycles. The van der Waals surface area contributed by atoms with Crippen LogP contribution in [0.3, 0.4) is 0 Å². The Morgan fingerprint density at radius 3 is 2.57 bits per heavy atom. The zero-order valence-electron chi connectivity index (χ0n) is 12.2. The first-order valence-electron chi connectivity index (χ1n) is 7.09. The molecule has 1 unspecified atom stereocenters. The van der Waals surface area contributed by atoms with E-state index in [0.29, 0.717) is 30.1 Å². The van der Waals surface area contributed by atoms with Crippen molar-refractivity contribution < 1.29 is 9.72 Å². The monoisotopic (exact) mass is 310 g/mol. The fraction of sp³-hybridized carbons (Fsp3) is 0.533. The summed E-state index contributed by atoms with van der Waals surface area (Å²) in [6.07, 6.45) is 1.76. The molecule has 1 amide bonds. The second kappa shape index (κ2) is 6.43. The fourth-order valence-electron chi connectivity index (χ4n) is 2.79. The maximum absolute atomic E-state index is 12.5. The molecule has 0 aromatic heterocycles. The molecule has 2 rings (SSSR count). The second-order valence-electron chi connectivity index (χ2n) is 5.51. The summed E-state index contributed by atoms with van der Waals surface area (Å²) in [6.45, 7) is 4.92. The van der Waals surface area contributed by atoms with E-state index in [4.69, 9.17) is 11.6 Å². The normalized spacial score (nSPS) is 17.6. The Bertz CT molecular complexity index is 552. The zero-order valence-corrected chi connectivity index (χ0v) is 13.0. The third-order valence-corrected chi connectivity index (χ3v) is 4.57. The Morgan fingerprint density at radius 2 is 2.05 bits per heavy atom. The first kappa shape index (κ1) is 15.8.